The number of aromatic nitrogens is 4. The van der Waals surface area contributed by atoms with E-state index in [1.165, 1.54) is 4.57 Å². The number of rotatable bonds is 5. The maximum Gasteiger partial charge on any atom is 0.330 e. The lowest BCUT2D eigenvalue weighted by Crippen LogP contribution is -2.30. The number of hydrogen-bond donors (Lipinski definition) is 2. The molecule has 6 heteroatoms. The number of aromatic amines is 2. The van der Waals surface area contributed by atoms with Crippen LogP contribution in [0.3, 0.4) is 0 Å². The molecule has 19 heavy (non-hydrogen) atoms. The van der Waals surface area contributed by atoms with Crippen LogP contribution < -0.4 is 11.2 Å². The topological polar surface area (TPSA) is 83.5 Å². The summed E-state index contributed by atoms with van der Waals surface area (Å²) in [4.78, 5) is 33.5. The van der Waals surface area contributed by atoms with E-state index in [9.17, 15) is 9.59 Å². The van der Waals surface area contributed by atoms with Crippen molar-refractivity contribution >= 4 is 11.2 Å². The molecule has 0 saturated heterocycles. The van der Waals surface area contributed by atoms with Crippen molar-refractivity contribution in [1.29, 1.82) is 0 Å². The van der Waals surface area contributed by atoms with Gasteiger partial charge >= 0.3 is 5.69 Å². The lowest BCUT2D eigenvalue weighted by Gasteiger charge is -2.04. The molecule has 0 aliphatic rings. The highest BCUT2D eigenvalue weighted by Gasteiger charge is 2.15. The molecule has 2 rings (SSSR count). The van der Waals surface area contributed by atoms with Crippen molar-refractivity contribution in [1.82, 2.24) is 19.5 Å². The molecule has 0 fully saturated rings. The van der Waals surface area contributed by atoms with Crippen LogP contribution in [0.4, 0.5) is 0 Å². The molecule has 1 atom stereocenters. The summed E-state index contributed by atoms with van der Waals surface area (Å²) in [5.74, 6) is 1.03. The van der Waals surface area contributed by atoms with Gasteiger partial charge in [-0.2, -0.15) is 0 Å². The van der Waals surface area contributed by atoms with E-state index < -0.39 is 5.56 Å². The summed E-state index contributed by atoms with van der Waals surface area (Å²) in [6.45, 7) is 6.71. The SMILES string of the molecule is CCCC(C)c1nc2c([nH]1)c(=O)[nH]c(=O)n2CCC. The highest BCUT2D eigenvalue weighted by Crippen LogP contribution is 2.19. The van der Waals surface area contributed by atoms with Crippen molar-refractivity contribution in [3.8, 4) is 0 Å². The van der Waals surface area contributed by atoms with Gasteiger partial charge in [-0.25, -0.2) is 9.78 Å². The van der Waals surface area contributed by atoms with Crippen LogP contribution in [0.2, 0.25) is 0 Å². The van der Waals surface area contributed by atoms with E-state index in [1.54, 1.807) is 0 Å². The molecule has 2 aromatic heterocycles. The number of H-pyrrole nitrogens is 2. The van der Waals surface area contributed by atoms with E-state index in [1.807, 2.05) is 6.92 Å². The Bertz CT molecular complexity index is 680. The van der Waals surface area contributed by atoms with Crippen molar-refractivity contribution in [2.24, 2.45) is 0 Å². The van der Waals surface area contributed by atoms with Crippen molar-refractivity contribution < 1.29 is 0 Å². The zero-order chi connectivity index (χ0) is 14.0. The van der Waals surface area contributed by atoms with Crippen LogP contribution in [0.15, 0.2) is 9.59 Å². The standard InChI is InChI=1S/C13H20N4O2/c1-4-6-8(3)10-14-9-11(15-10)17(7-5-2)13(19)16-12(9)18/h8H,4-7H2,1-3H3,(H,14,15)(H,16,18,19). The third-order valence-corrected chi connectivity index (χ3v) is 3.29. The van der Waals surface area contributed by atoms with Crippen molar-refractivity contribution in [2.75, 3.05) is 0 Å². The highest BCUT2D eigenvalue weighted by molar-refractivity contribution is 5.69. The van der Waals surface area contributed by atoms with E-state index in [-0.39, 0.29) is 11.6 Å². The van der Waals surface area contributed by atoms with Crippen LogP contribution in [0.25, 0.3) is 11.2 Å². The summed E-state index contributed by atoms with van der Waals surface area (Å²) in [7, 11) is 0. The van der Waals surface area contributed by atoms with Gasteiger partial charge in [0.15, 0.2) is 5.65 Å². The Morgan fingerprint density at radius 3 is 2.58 bits per heavy atom. The molecule has 0 aromatic carbocycles. The maximum atomic E-state index is 11.8. The van der Waals surface area contributed by atoms with Crippen molar-refractivity contribution in [2.45, 2.75) is 52.5 Å². The Morgan fingerprint density at radius 1 is 1.21 bits per heavy atom. The zero-order valence-corrected chi connectivity index (χ0v) is 11.6. The molecule has 2 aromatic rings. The van der Waals surface area contributed by atoms with Gasteiger partial charge in [-0.15, -0.1) is 0 Å². The van der Waals surface area contributed by atoms with Crippen molar-refractivity contribution in [3.63, 3.8) is 0 Å². The molecular weight excluding hydrogens is 244 g/mol. The fraction of sp³-hybridized carbons (Fsp3) is 0.615. The van der Waals surface area contributed by atoms with Crippen molar-refractivity contribution in [3.05, 3.63) is 26.7 Å². The van der Waals surface area contributed by atoms with E-state index in [0.717, 1.165) is 25.1 Å². The Kier molecular flexibility index (Phi) is 3.87. The number of hydrogen-bond acceptors (Lipinski definition) is 3. The van der Waals surface area contributed by atoms with Gasteiger partial charge in [0.1, 0.15) is 11.3 Å². The minimum absolute atomic E-state index is 0.252. The Hall–Kier alpha value is -1.85. The van der Waals surface area contributed by atoms with Crippen LogP contribution in [0, 0.1) is 0 Å². The summed E-state index contributed by atoms with van der Waals surface area (Å²) < 4.78 is 1.52. The summed E-state index contributed by atoms with van der Waals surface area (Å²) >= 11 is 0. The lowest BCUT2D eigenvalue weighted by atomic mass is 10.1. The van der Waals surface area contributed by atoms with E-state index in [0.29, 0.717) is 17.7 Å². The van der Waals surface area contributed by atoms with Gasteiger partial charge in [0.25, 0.3) is 5.56 Å². The average molecular weight is 264 g/mol. The fourth-order valence-corrected chi connectivity index (χ4v) is 2.29. The molecule has 0 spiro atoms. The van der Waals surface area contributed by atoms with Gasteiger partial charge in [0.05, 0.1) is 0 Å². The third-order valence-electron chi connectivity index (χ3n) is 3.29. The van der Waals surface area contributed by atoms with E-state index in [2.05, 4.69) is 28.8 Å². The normalized spacial score (nSPS) is 13.0. The fourth-order valence-electron chi connectivity index (χ4n) is 2.29. The largest absolute Gasteiger partial charge is 0.336 e. The molecule has 0 saturated carbocycles. The van der Waals surface area contributed by atoms with Crippen LogP contribution in [-0.2, 0) is 6.54 Å². The van der Waals surface area contributed by atoms with E-state index in [4.69, 9.17) is 0 Å². The van der Waals surface area contributed by atoms with Gasteiger partial charge in [-0.3, -0.25) is 14.3 Å². The first-order chi connectivity index (χ1) is 9.08. The van der Waals surface area contributed by atoms with Crippen LogP contribution >= 0.6 is 0 Å². The monoisotopic (exact) mass is 264 g/mol. The maximum absolute atomic E-state index is 11.8. The average Bonchev–Trinajstić information content (AvgIpc) is 2.80. The quantitative estimate of drug-likeness (QED) is 0.862. The first-order valence-electron chi connectivity index (χ1n) is 6.81. The number of aryl methyl sites for hydroxylation is 1. The second-order valence-electron chi connectivity index (χ2n) is 4.92. The number of fused-ring (bicyclic) bond motifs is 1. The molecule has 2 N–H and O–H groups in total. The molecule has 6 nitrogen and oxygen atoms in total. The molecule has 1 unspecified atom stereocenters. The Balaban J connectivity index is 2.63. The van der Waals surface area contributed by atoms with Gasteiger partial charge in [0, 0.05) is 12.5 Å². The second kappa shape index (κ2) is 5.42. The molecule has 104 valence electrons. The zero-order valence-electron chi connectivity index (χ0n) is 11.6. The highest BCUT2D eigenvalue weighted by atomic mass is 16.2. The van der Waals surface area contributed by atoms with Crippen LogP contribution in [0.5, 0.6) is 0 Å². The molecule has 0 bridgehead atoms. The minimum Gasteiger partial charge on any atom is -0.336 e. The summed E-state index contributed by atoms with van der Waals surface area (Å²) in [5.41, 5.74) is 0.0786. The smallest absolute Gasteiger partial charge is 0.330 e. The molecule has 0 amide bonds. The Labute approximate surface area is 110 Å². The van der Waals surface area contributed by atoms with Crippen LogP contribution in [0.1, 0.15) is 51.8 Å². The molecule has 2 heterocycles. The molecule has 0 aliphatic carbocycles. The third kappa shape index (κ3) is 2.47. The number of nitrogens with one attached hydrogen (secondary N) is 2. The predicted octanol–water partition coefficient (Wildman–Crippen LogP) is 1.73. The number of imidazole rings is 1. The number of nitrogens with zero attached hydrogens (tertiary/aromatic N) is 2. The molecule has 0 radical (unpaired) electrons. The van der Waals surface area contributed by atoms with E-state index >= 15 is 0 Å². The van der Waals surface area contributed by atoms with Gasteiger partial charge < -0.3 is 4.98 Å². The summed E-state index contributed by atoms with van der Waals surface area (Å²) in [5, 5.41) is 0. The summed E-state index contributed by atoms with van der Waals surface area (Å²) in [6.07, 6.45) is 2.86. The minimum atomic E-state index is -0.394. The molecule has 0 aliphatic heterocycles. The molecular formula is C13H20N4O2. The first-order valence-corrected chi connectivity index (χ1v) is 6.81. The van der Waals surface area contributed by atoms with Gasteiger partial charge in [0.2, 0.25) is 0 Å². The van der Waals surface area contributed by atoms with Gasteiger partial charge in [-0.1, -0.05) is 27.2 Å². The predicted molar refractivity (Wildman–Crippen MR) is 74.6 cm³/mol. The summed E-state index contributed by atoms with van der Waals surface area (Å²) in [6, 6.07) is 0. The second-order valence-corrected chi connectivity index (χ2v) is 4.92. The first kappa shape index (κ1) is 13.6. The lowest BCUT2D eigenvalue weighted by molar-refractivity contribution is 0.629. The van der Waals surface area contributed by atoms with Crippen LogP contribution in [-0.4, -0.2) is 19.5 Å². The van der Waals surface area contributed by atoms with Gasteiger partial charge in [-0.05, 0) is 12.8 Å². The Morgan fingerprint density at radius 2 is 1.95 bits per heavy atom.